The monoisotopic (exact) mass is 374 g/mol. The van der Waals surface area contributed by atoms with Gasteiger partial charge in [0.05, 0.1) is 6.04 Å². The fourth-order valence-corrected chi connectivity index (χ4v) is 3.54. The normalized spacial score (nSPS) is 20.0. The maximum absolute atomic E-state index is 13.4. The van der Waals surface area contributed by atoms with Crippen LogP contribution in [0.15, 0.2) is 29.2 Å². The predicted molar refractivity (Wildman–Crippen MR) is 100 cm³/mol. The van der Waals surface area contributed by atoms with E-state index in [9.17, 15) is 18.8 Å². The van der Waals surface area contributed by atoms with Crippen LogP contribution < -0.4 is 16.1 Å². The first-order chi connectivity index (χ1) is 12.9. The average molecular weight is 374 g/mol. The third kappa shape index (κ3) is 3.85. The molecule has 0 spiro atoms. The van der Waals surface area contributed by atoms with Crippen LogP contribution >= 0.6 is 0 Å². The topological polar surface area (TPSA) is 94.3 Å². The van der Waals surface area contributed by atoms with Crippen LogP contribution in [-0.4, -0.2) is 53.4 Å². The van der Waals surface area contributed by atoms with Crippen molar-refractivity contribution >= 4 is 22.7 Å². The summed E-state index contributed by atoms with van der Waals surface area (Å²) >= 11 is 0. The van der Waals surface area contributed by atoms with Crippen LogP contribution in [0.2, 0.25) is 0 Å². The van der Waals surface area contributed by atoms with Gasteiger partial charge < -0.3 is 15.6 Å². The molecule has 3 rings (SSSR count). The fourth-order valence-electron chi connectivity index (χ4n) is 3.54. The highest BCUT2D eigenvalue weighted by Gasteiger charge is 2.36. The van der Waals surface area contributed by atoms with E-state index in [0.717, 1.165) is 6.07 Å². The molecule has 27 heavy (non-hydrogen) atoms. The molecule has 0 unspecified atom stereocenters. The maximum atomic E-state index is 13.4. The Hall–Kier alpha value is -2.74. The molecule has 0 bridgehead atoms. The van der Waals surface area contributed by atoms with E-state index >= 15 is 0 Å². The van der Waals surface area contributed by atoms with Gasteiger partial charge >= 0.3 is 0 Å². The zero-order chi connectivity index (χ0) is 19.6. The van der Waals surface area contributed by atoms with Crippen LogP contribution in [0.25, 0.3) is 10.9 Å². The predicted octanol–water partition coefficient (Wildman–Crippen LogP) is 0.996. The van der Waals surface area contributed by atoms with Crippen molar-refractivity contribution in [2.24, 2.45) is 0 Å². The first-order valence-corrected chi connectivity index (χ1v) is 9.08. The number of hydrogen-bond acceptors (Lipinski definition) is 4. The molecule has 1 aliphatic rings. The second kappa shape index (κ2) is 7.87. The van der Waals surface area contributed by atoms with E-state index in [1.807, 2.05) is 18.7 Å². The number of nitrogens with zero attached hydrogens (tertiary/aromatic N) is 1. The molecule has 0 saturated carbocycles. The number of benzene rings is 1. The molecule has 2 atom stereocenters. The first-order valence-electron chi connectivity index (χ1n) is 9.08. The number of H-pyrrole nitrogens is 1. The Morgan fingerprint density at radius 1 is 1.33 bits per heavy atom. The van der Waals surface area contributed by atoms with Crippen molar-refractivity contribution in [2.75, 3.05) is 19.6 Å². The third-order valence-electron chi connectivity index (χ3n) is 4.89. The number of amides is 2. The SMILES string of the molecule is CCNC(=O)[C@@H]1C[C@H](NC(=O)c2c[nH]c3ccc(F)cc3c2=O)CN1CC. The molecular formula is C19H23FN4O3. The summed E-state index contributed by atoms with van der Waals surface area (Å²) in [6, 6.07) is 3.28. The van der Waals surface area contributed by atoms with Crippen LogP contribution in [0.5, 0.6) is 0 Å². The zero-order valence-corrected chi connectivity index (χ0v) is 15.3. The number of carbonyl (C=O) groups excluding carboxylic acids is 2. The van der Waals surface area contributed by atoms with Crippen molar-refractivity contribution in [1.82, 2.24) is 20.5 Å². The number of pyridine rings is 1. The Morgan fingerprint density at radius 2 is 2.11 bits per heavy atom. The maximum Gasteiger partial charge on any atom is 0.257 e. The quantitative estimate of drug-likeness (QED) is 0.728. The second-order valence-electron chi connectivity index (χ2n) is 6.63. The lowest BCUT2D eigenvalue weighted by Gasteiger charge is -2.20. The summed E-state index contributed by atoms with van der Waals surface area (Å²) in [6.07, 6.45) is 1.82. The molecule has 1 aromatic heterocycles. The van der Waals surface area contributed by atoms with Crippen molar-refractivity contribution in [3.05, 3.63) is 46.0 Å². The minimum atomic E-state index is -0.537. The number of likely N-dealkylation sites (tertiary alicyclic amines) is 1. The molecular weight excluding hydrogens is 351 g/mol. The standard InChI is InChI=1S/C19H23FN4O3/c1-3-21-19(27)16-8-12(10-24(16)4-2)23-18(26)14-9-22-15-6-5-11(20)7-13(15)17(14)25/h5-7,9,12,16H,3-4,8,10H2,1-2H3,(H,21,27)(H,22,25)(H,23,26)/t12-,16-/m0/s1. The number of likely N-dealkylation sites (N-methyl/N-ethyl adjacent to an activating group) is 2. The number of aromatic amines is 1. The Kier molecular flexibility index (Phi) is 5.55. The lowest BCUT2D eigenvalue weighted by atomic mass is 10.1. The molecule has 1 aliphatic heterocycles. The van der Waals surface area contributed by atoms with E-state index in [1.165, 1.54) is 18.3 Å². The molecule has 8 heteroatoms. The van der Waals surface area contributed by atoms with Gasteiger partial charge in [-0.1, -0.05) is 6.92 Å². The molecule has 2 amide bonds. The smallest absolute Gasteiger partial charge is 0.257 e. The summed E-state index contributed by atoms with van der Waals surface area (Å²) in [5.74, 6) is -1.13. The summed E-state index contributed by atoms with van der Waals surface area (Å²) in [7, 11) is 0. The van der Waals surface area contributed by atoms with Crippen molar-refractivity contribution < 1.29 is 14.0 Å². The number of carbonyl (C=O) groups is 2. The van der Waals surface area contributed by atoms with Crippen LogP contribution in [-0.2, 0) is 4.79 Å². The van der Waals surface area contributed by atoms with Crippen molar-refractivity contribution in [3.63, 3.8) is 0 Å². The number of aromatic nitrogens is 1. The van der Waals surface area contributed by atoms with Gasteiger partial charge in [0.2, 0.25) is 11.3 Å². The number of halogens is 1. The second-order valence-corrected chi connectivity index (χ2v) is 6.63. The number of rotatable bonds is 5. The number of nitrogens with one attached hydrogen (secondary N) is 3. The lowest BCUT2D eigenvalue weighted by molar-refractivity contribution is -0.125. The average Bonchev–Trinajstić information content (AvgIpc) is 3.05. The summed E-state index contributed by atoms with van der Waals surface area (Å²) in [4.78, 5) is 42.2. The van der Waals surface area contributed by atoms with E-state index in [-0.39, 0.29) is 28.9 Å². The highest BCUT2D eigenvalue weighted by atomic mass is 19.1. The molecule has 2 heterocycles. The molecule has 7 nitrogen and oxygen atoms in total. The van der Waals surface area contributed by atoms with Gasteiger partial charge in [-0.15, -0.1) is 0 Å². The van der Waals surface area contributed by atoms with Crippen LogP contribution in [0.4, 0.5) is 4.39 Å². The summed E-state index contributed by atoms with van der Waals surface area (Å²) in [6.45, 7) is 5.58. The van der Waals surface area contributed by atoms with Gasteiger partial charge in [0.1, 0.15) is 11.4 Å². The Bertz CT molecular complexity index is 927. The summed E-state index contributed by atoms with van der Waals surface area (Å²) < 4.78 is 13.4. The Balaban J connectivity index is 1.78. The lowest BCUT2D eigenvalue weighted by Crippen LogP contribution is -2.42. The van der Waals surface area contributed by atoms with Crippen LogP contribution in [0.1, 0.15) is 30.6 Å². The summed E-state index contributed by atoms with van der Waals surface area (Å²) in [5, 5.41) is 5.77. The Labute approximate surface area is 155 Å². The number of fused-ring (bicyclic) bond motifs is 1. The highest BCUT2D eigenvalue weighted by molar-refractivity contribution is 5.97. The molecule has 0 radical (unpaired) electrons. The van der Waals surface area contributed by atoms with E-state index in [2.05, 4.69) is 15.6 Å². The van der Waals surface area contributed by atoms with Crippen molar-refractivity contribution in [3.8, 4) is 0 Å². The minimum Gasteiger partial charge on any atom is -0.360 e. The highest BCUT2D eigenvalue weighted by Crippen LogP contribution is 2.18. The molecule has 1 aromatic carbocycles. The molecule has 1 fully saturated rings. The summed E-state index contributed by atoms with van der Waals surface area (Å²) in [5.41, 5.74) is -0.128. The fraction of sp³-hybridized carbons (Fsp3) is 0.421. The number of hydrogen-bond donors (Lipinski definition) is 3. The van der Waals surface area contributed by atoms with Crippen LogP contribution in [0, 0.1) is 5.82 Å². The molecule has 3 N–H and O–H groups in total. The van der Waals surface area contributed by atoms with Gasteiger partial charge in [0.15, 0.2) is 0 Å². The Morgan fingerprint density at radius 3 is 2.81 bits per heavy atom. The third-order valence-corrected chi connectivity index (χ3v) is 4.89. The van der Waals surface area contributed by atoms with Gasteiger partial charge in [-0.2, -0.15) is 0 Å². The van der Waals surface area contributed by atoms with Crippen LogP contribution in [0.3, 0.4) is 0 Å². The van der Waals surface area contributed by atoms with Crippen molar-refractivity contribution in [2.45, 2.75) is 32.4 Å². The molecule has 0 aliphatic carbocycles. The zero-order valence-electron chi connectivity index (χ0n) is 15.3. The molecule has 144 valence electrons. The minimum absolute atomic E-state index is 0.0601. The first kappa shape index (κ1) is 19.0. The van der Waals surface area contributed by atoms with E-state index in [0.29, 0.717) is 31.6 Å². The van der Waals surface area contributed by atoms with E-state index in [4.69, 9.17) is 0 Å². The van der Waals surface area contributed by atoms with Gasteiger partial charge in [0, 0.05) is 36.2 Å². The van der Waals surface area contributed by atoms with Gasteiger partial charge in [-0.3, -0.25) is 19.3 Å². The van der Waals surface area contributed by atoms with E-state index < -0.39 is 17.2 Å². The largest absolute Gasteiger partial charge is 0.360 e. The van der Waals surface area contributed by atoms with Gasteiger partial charge in [-0.25, -0.2) is 4.39 Å². The molecule has 2 aromatic rings. The van der Waals surface area contributed by atoms with Gasteiger partial charge in [0.25, 0.3) is 5.91 Å². The van der Waals surface area contributed by atoms with Gasteiger partial charge in [-0.05, 0) is 38.1 Å². The molecule has 1 saturated heterocycles. The van der Waals surface area contributed by atoms with E-state index in [1.54, 1.807) is 0 Å². The van der Waals surface area contributed by atoms with Crippen molar-refractivity contribution in [1.29, 1.82) is 0 Å².